The number of amides is 1. The number of carbonyl (C=O) groups is 1. The first-order valence-electron chi connectivity index (χ1n) is 7.80. The lowest BCUT2D eigenvalue weighted by Crippen LogP contribution is -2.25. The summed E-state index contributed by atoms with van der Waals surface area (Å²) in [6.07, 6.45) is 0.362. The SMILES string of the molecule is CC(C)Sc1ccc(CC(=O)NCC#Cc2ccccc2Cl)cc1. The van der Waals surface area contributed by atoms with E-state index in [9.17, 15) is 4.79 Å². The molecule has 0 aliphatic rings. The number of thioether (sulfide) groups is 1. The van der Waals surface area contributed by atoms with Crippen LogP contribution < -0.4 is 5.32 Å². The number of hydrogen-bond donors (Lipinski definition) is 1. The fourth-order valence-electron chi connectivity index (χ4n) is 2.05. The highest BCUT2D eigenvalue weighted by molar-refractivity contribution is 7.99. The van der Waals surface area contributed by atoms with Crippen LogP contribution in [0.4, 0.5) is 0 Å². The van der Waals surface area contributed by atoms with Crippen LogP contribution in [0.15, 0.2) is 53.4 Å². The lowest BCUT2D eigenvalue weighted by molar-refractivity contribution is -0.120. The quantitative estimate of drug-likeness (QED) is 0.628. The smallest absolute Gasteiger partial charge is 0.225 e. The molecule has 1 amide bonds. The van der Waals surface area contributed by atoms with Crippen molar-refractivity contribution in [2.75, 3.05) is 6.54 Å². The maximum absolute atomic E-state index is 11.9. The fourth-order valence-corrected chi connectivity index (χ4v) is 3.07. The molecule has 24 heavy (non-hydrogen) atoms. The van der Waals surface area contributed by atoms with Gasteiger partial charge in [-0.3, -0.25) is 4.79 Å². The summed E-state index contributed by atoms with van der Waals surface area (Å²) in [6.45, 7) is 4.64. The van der Waals surface area contributed by atoms with E-state index in [-0.39, 0.29) is 5.91 Å². The summed E-state index contributed by atoms with van der Waals surface area (Å²) >= 11 is 7.84. The minimum absolute atomic E-state index is 0.0345. The van der Waals surface area contributed by atoms with Gasteiger partial charge in [0.1, 0.15) is 0 Å². The molecule has 0 atom stereocenters. The van der Waals surface area contributed by atoms with Crippen LogP contribution in [-0.2, 0) is 11.2 Å². The van der Waals surface area contributed by atoms with Crippen LogP contribution in [0.5, 0.6) is 0 Å². The number of carbonyl (C=O) groups excluding carboxylic acids is 1. The molecule has 0 saturated carbocycles. The highest BCUT2D eigenvalue weighted by atomic mass is 35.5. The highest BCUT2D eigenvalue weighted by Gasteiger charge is 2.03. The zero-order valence-corrected chi connectivity index (χ0v) is 15.4. The Hall–Kier alpha value is -1.89. The summed E-state index contributed by atoms with van der Waals surface area (Å²) in [7, 11) is 0. The Balaban J connectivity index is 1.80. The van der Waals surface area contributed by atoms with Gasteiger partial charge >= 0.3 is 0 Å². The normalized spacial score (nSPS) is 10.2. The van der Waals surface area contributed by atoms with Gasteiger partial charge in [0, 0.05) is 15.7 Å². The fraction of sp³-hybridized carbons (Fsp3) is 0.250. The summed E-state index contributed by atoms with van der Waals surface area (Å²) in [5, 5.41) is 3.98. The van der Waals surface area contributed by atoms with Crippen molar-refractivity contribution in [3.8, 4) is 11.8 Å². The van der Waals surface area contributed by atoms with Gasteiger partial charge in [-0.2, -0.15) is 0 Å². The van der Waals surface area contributed by atoms with Crippen LogP contribution in [0.3, 0.4) is 0 Å². The summed E-state index contributed by atoms with van der Waals surface area (Å²) in [4.78, 5) is 13.2. The maximum atomic E-state index is 11.9. The zero-order valence-electron chi connectivity index (χ0n) is 13.8. The van der Waals surface area contributed by atoms with E-state index in [4.69, 9.17) is 11.6 Å². The van der Waals surface area contributed by atoms with Gasteiger partial charge in [0.15, 0.2) is 0 Å². The standard InChI is InChI=1S/C20H20ClNOS/c1-15(2)24-18-11-9-16(10-12-18)14-20(23)22-13-5-7-17-6-3-4-8-19(17)21/h3-4,6,8-12,15H,13-14H2,1-2H3,(H,22,23). The van der Waals surface area contributed by atoms with Gasteiger partial charge in [-0.25, -0.2) is 0 Å². The van der Waals surface area contributed by atoms with Crippen LogP contribution in [0, 0.1) is 11.8 Å². The van der Waals surface area contributed by atoms with Gasteiger partial charge in [-0.15, -0.1) is 11.8 Å². The van der Waals surface area contributed by atoms with Gasteiger partial charge in [-0.05, 0) is 29.8 Å². The molecule has 2 aromatic rings. The monoisotopic (exact) mass is 357 g/mol. The third-order valence-corrected chi connectivity index (χ3v) is 4.48. The maximum Gasteiger partial charge on any atom is 0.225 e. The molecule has 2 aromatic carbocycles. The third-order valence-electron chi connectivity index (χ3n) is 3.13. The van der Waals surface area contributed by atoms with E-state index in [0.717, 1.165) is 11.1 Å². The molecule has 0 aliphatic carbocycles. The summed E-state index contributed by atoms with van der Waals surface area (Å²) in [5.41, 5.74) is 1.77. The van der Waals surface area contributed by atoms with Gasteiger partial charge in [-0.1, -0.05) is 61.6 Å². The van der Waals surface area contributed by atoms with Crippen molar-refractivity contribution in [2.45, 2.75) is 30.4 Å². The summed E-state index contributed by atoms with van der Waals surface area (Å²) in [6, 6.07) is 15.5. The molecule has 124 valence electrons. The van der Waals surface area contributed by atoms with Crippen molar-refractivity contribution in [3.63, 3.8) is 0 Å². The van der Waals surface area contributed by atoms with Crippen LogP contribution in [0.25, 0.3) is 0 Å². The lowest BCUT2D eigenvalue weighted by atomic mass is 10.1. The predicted molar refractivity (Wildman–Crippen MR) is 102 cm³/mol. The van der Waals surface area contributed by atoms with Crippen molar-refractivity contribution in [2.24, 2.45) is 0 Å². The molecule has 0 aliphatic heterocycles. The average molecular weight is 358 g/mol. The topological polar surface area (TPSA) is 29.1 Å². The van der Waals surface area contributed by atoms with Gasteiger partial charge < -0.3 is 5.32 Å². The second-order valence-corrected chi connectivity index (χ2v) is 7.60. The van der Waals surface area contributed by atoms with E-state index in [1.165, 1.54) is 4.90 Å². The van der Waals surface area contributed by atoms with Crippen LogP contribution >= 0.6 is 23.4 Å². The predicted octanol–water partition coefficient (Wildman–Crippen LogP) is 4.55. The lowest BCUT2D eigenvalue weighted by Gasteiger charge is -2.06. The number of rotatable bonds is 5. The molecule has 0 radical (unpaired) electrons. The average Bonchev–Trinajstić information content (AvgIpc) is 2.54. The molecule has 0 bridgehead atoms. The Morgan fingerprint density at radius 2 is 1.88 bits per heavy atom. The molecule has 0 saturated heterocycles. The Bertz CT molecular complexity index is 744. The molecule has 2 nitrogen and oxygen atoms in total. The zero-order chi connectivity index (χ0) is 17.4. The van der Waals surface area contributed by atoms with E-state index in [2.05, 4.69) is 43.1 Å². The molecule has 0 heterocycles. The Morgan fingerprint density at radius 1 is 1.17 bits per heavy atom. The Morgan fingerprint density at radius 3 is 2.54 bits per heavy atom. The van der Waals surface area contributed by atoms with E-state index in [1.807, 2.05) is 42.1 Å². The van der Waals surface area contributed by atoms with Crippen LogP contribution in [0.2, 0.25) is 5.02 Å². The Labute approximate surface area is 153 Å². The second kappa shape index (κ2) is 9.42. The summed E-state index contributed by atoms with van der Waals surface area (Å²) < 4.78 is 0. The first-order chi connectivity index (χ1) is 11.5. The molecule has 0 spiro atoms. The van der Waals surface area contributed by atoms with Crippen LogP contribution in [-0.4, -0.2) is 17.7 Å². The number of hydrogen-bond acceptors (Lipinski definition) is 2. The van der Waals surface area contributed by atoms with Gasteiger partial charge in [0.25, 0.3) is 0 Å². The molecule has 4 heteroatoms. The highest BCUT2D eigenvalue weighted by Crippen LogP contribution is 2.22. The van der Waals surface area contributed by atoms with E-state index in [0.29, 0.717) is 23.2 Å². The number of nitrogens with one attached hydrogen (secondary N) is 1. The molecule has 0 aromatic heterocycles. The molecule has 0 unspecified atom stereocenters. The molecule has 1 N–H and O–H groups in total. The van der Waals surface area contributed by atoms with Gasteiger partial charge in [0.05, 0.1) is 18.0 Å². The molecule has 0 fully saturated rings. The minimum Gasteiger partial charge on any atom is -0.345 e. The van der Waals surface area contributed by atoms with E-state index >= 15 is 0 Å². The first-order valence-corrected chi connectivity index (χ1v) is 9.06. The largest absolute Gasteiger partial charge is 0.345 e. The van der Waals surface area contributed by atoms with Crippen molar-refractivity contribution >= 4 is 29.3 Å². The Kier molecular flexibility index (Phi) is 7.24. The first kappa shape index (κ1) is 18.4. The molecular formula is C20H20ClNOS. The van der Waals surface area contributed by atoms with Crippen molar-refractivity contribution in [1.29, 1.82) is 0 Å². The summed E-state index contributed by atoms with van der Waals surface area (Å²) in [5.74, 6) is 5.84. The van der Waals surface area contributed by atoms with Crippen LogP contribution in [0.1, 0.15) is 25.0 Å². The third kappa shape index (κ3) is 6.31. The van der Waals surface area contributed by atoms with E-state index in [1.54, 1.807) is 6.07 Å². The van der Waals surface area contributed by atoms with Gasteiger partial charge in [0.2, 0.25) is 5.91 Å². The second-order valence-electron chi connectivity index (χ2n) is 5.55. The molecular weight excluding hydrogens is 338 g/mol. The van der Waals surface area contributed by atoms with Crippen molar-refractivity contribution < 1.29 is 4.79 Å². The number of halogens is 1. The minimum atomic E-state index is -0.0345. The van der Waals surface area contributed by atoms with Crippen molar-refractivity contribution in [3.05, 3.63) is 64.7 Å². The molecule has 2 rings (SSSR count). The number of benzene rings is 2. The van der Waals surface area contributed by atoms with Crippen molar-refractivity contribution in [1.82, 2.24) is 5.32 Å². The van der Waals surface area contributed by atoms with E-state index < -0.39 is 0 Å².